The predicted molar refractivity (Wildman–Crippen MR) is 70.6 cm³/mol. The highest BCUT2D eigenvalue weighted by atomic mass is 16.3. The molecule has 1 aliphatic heterocycles. The second-order valence-electron chi connectivity index (χ2n) is 4.70. The Labute approximate surface area is 107 Å². The van der Waals surface area contributed by atoms with Gasteiger partial charge in [-0.3, -0.25) is 0 Å². The molecule has 98 valence electrons. The zero-order valence-electron chi connectivity index (χ0n) is 10.7. The number of hydrogen-bond donors (Lipinski definition) is 3. The summed E-state index contributed by atoms with van der Waals surface area (Å²) in [6.45, 7) is 3.16. The Morgan fingerprint density at radius 2 is 2.06 bits per heavy atom. The number of hydrogen-bond acceptors (Lipinski definition) is 3. The Bertz CT molecular complexity index is 419. The van der Waals surface area contributed by atoms with Gasteiger partial charge in [-0.1, -0.05) is 17.7 Å². The van der Waals surface area contributed by atoms with E-state index in [-0.39, 0.29) is 12.1 Å². The number of urea groups is 1. The summed E-state index contributed by atoms with van der Waals surface area (Å²) < 4.78 is 0. The molecule has 1 saturated heterocycles. The summed E-state index contributed by atoms with van der Waals surface area (Å²) in [5, 5.41) is 15.6. The predicted octanol–water partition coefficient (Wildman–Crippen LogP) is 0.791. The molecule has 0 aliphatic carbocycles. The number of benzene rings is 1. The zero-order chi connectivity index (χ0) is 13.1. The van der Waals surface area contributed by atoms with Gasteiger partial charge >= 0.3 is 6.03 Å². The van der Waals surface area contributed by atoms with Gasteiger partial charge in [0.1, 0.15) is 0 Å². The molecule has 1 heterocycles. The van der Waals surface area contributed by atoms with Crippen molar-refractivity contribution in [3.05, 3.63) is 29.8 Å². The highest BCUT2D eigenvalue weighted by Gasteiger charge is 2.31. The van der Waals surface area contributed by atoms with Crippen LogP contribution in [-0.4, -0.2) is 48.3 Å². The van der Waals surface area contributed by atoms with Crippen LogP contribution in [0.15, 0.2) is 24.3 Å². The van der Waals surface area contributed by atoms with Crippen molar-refractivity contribution in [1.82, 2.24) is 10.2 Å². The van der Waals surface area contributed by atoms with Gasteiger partial charge in [0.25, 0.3) is 0 Å². The van der Waals surface area contributed by atoms with Crippen LogP contribution in [0.25, 0.3) is 0 Å². The Balaban J connectivity index is 1.97. The number of nitrogens with zero attached hydrogens (tertiary/aromatic N) is 1. The minimum absolute atomic E-state index is 0.171. The van der Waals surface area contributed by atoms with Gasteiger partial charge in [-0.15, -0.1) is 0 Å². The second kappa shape index (κ2) is 5.37. The average molecular weight is 249 g/mol. The molecule has 0 saturated carbocycles. The quantitative estimate of drug-likeness (QED) is 0.726. The smallest absolute Gasteiger partial charge is 0.321 e. The number of likely N-dealkylation sites (N-methyl/N-ethyl adjacent to an activating group) is 1. The lowest BCUT2D eigenvalue weighted by Gasteiger charge is -2.26. The Morgan fingerprint density at radius 3 is 2.61 bits per heavy atom. The molecule has 1 aliphatic rings. The molecule has 5 heteroatoms. The first-order chi connectivity index (χ1) is 8.58. The van der Waals surface area contributed by atoms with Crippen LogP contribution in [0.3, 0.4) is 0 Å². The summed E-state index contributed by atoms with van der Waals surface area (Å²) in [6, 6.07) is 7.25. The molecule has 0 aromatic heterocycles. The van der Waals surface area contributed by atoms with Crippen molar-refractivity contribution in [2.45, 2.75) is 19.1 Å². The van der Waals surface area contributed by atoms with Crippen molar-refractivity contribution in [3.8, 4) is 0 Å². The average Bonchev–Trinajstić information content (AvgIpc) is 2.77. The molecule has 0 unspecified atom stereocenters. The van der Waals surface area contributed by atoms with Gasteiger partial charge in [0.15, 0.2) is 0 Å². The fourth-order valence-corrected chi connectivity index (χ4v) is 2.05. The van der Waals surface area contributed by atoms with Gasteiger partial charge < -0.3 is 20.6 Å². The second-order valence-corrected chi connectivity index (χ2v) is 4.70. The third-order valence-corrected chi connectivity index (χ3v) is 3.27. The fourth-order valence-electron chi connectivity index (χ4n) is 2.05. The van der Waals surface area contributed by atoms with E-state index in [1.807, 2.05) is 31.2 Å². The van der Waals surface area contributed by atoms with Crippen LogP contribution in [0.5, 0.6) is 0 Å². The number of β-amino-alcohol motifs (C(OH)–C–C–N with tert-alkyl or cyclic N) is 1. The molecule has 0 spiro atoms. The van der Waals surface area contributed by atoms with E-state index in [4.69, 9.17) is 0 Å². The Morgan fingerprint density at radius 1 is 1.39 bits per heavy atom. The summed E-state index contributed by atoms with van der Waals surface area (Å²) in [6.07, 6.45) is -0.501. The van der Waals surface area contributed by atoms with Gasteiger partial charge in [0, 0.05) is 25.8 Å². The van der Waals surface area contributed by atoms with E-state index in [9.17, 15) is 9.90 Å². The number of carbonyl (C=O) groups excluding carboxylic acids is 1. The molecule has 2 rings (SSSR count). The molecular weight excluding hydrogens is 230 g/mol. The number of rotatable bonds is 2. The standard InChI is InChI=1S/C13H19N3O2/c1-9-3-5-10(6-4-9)15-13(18)16(2)11-7-14-8-12(11)17/h3-6,11-12,14,17H,7-8H2,1-2H3,(H,15,18)/t11-,12-/m0/s1. The normalized spacial score (nSPS) is 22.8. The van der Waals surface area contributed by atoms with Crippen LogP contribution >= 0.6 is 0 Å². The van der Waals surface area contributed by atoms with Crippen LogP contribution in [0.1, 0.15) is 5.56 Å². The third kappa shape index (κ3) is 2.80. The molecule has 1 aromatic rings. The van der Waals surface area contributed by atoms with Crippen molar-refractivity contribution in [2.75, 3.05) is 25.5 Å². The maximum Gasteiger partial charge on any atom is 0.321 e. The highest BCUT2D eigenvalue weighted by molar-refractivity contribution is 5.89. The minimum Gasteiger partial charge on any atom is -0.390 e. The summed E-state index contributed by atoms with van der Waals surface area (Å²) in [5.41, 5.74) is 1.91. The molecule has 18 heavy (non-hydrogen) atoms. The van der Waals surface area contributed by atoms with E-state index in [0.717, 1.165) is 11.3 Å². The third-order valence-electron chi connectivity index (χ3n) is 3.27. The monoisotopic (exact) mass is 249 g/mol. The van der Waals surface area contributed by atoms with E-state index in [1.54, 1.807) is 11.9 Å². The number of anilines is 1. The SMILES string of the molecule is Cc1ccc(NC(=O)N(C)[C@H]2CNC[C@@H]2O)cc1. The first-order valence-corrected chi connectivity index (χ1v) is 6.07. The van der Waals surface area contributed by atoms with Gasteiger partial charge in [-0.05, 0) is 19.1 Å². The van der Waals surface area contributed by atoms with Crippen molar-refractivity contribution in [3.63, 3.8) is 0 Å². The summed E-state index contributed by atoms with van der Waals surface area (Å²) in [7, 11) is 1.70. The first-order valence-electron chi connectivity index (χ1n) is 6.07. The van der Waals surface area contributed by atoms with Gasteiger partial charge in [-0.25, -0.2) is 4.79 Å². The minimum atomic E-state index is -0.501. The van der Waals surface area contributed by atoms with Crippen LogP contribution in [0, 0.1) is 6.92 Å². The van der Waals surface area contributed by atoms with Crippen molar-refractivity contribution in [2.24, 2.45) is 0 Å². The van der Waals surface area contributed by atoms with Crippen LogP contribution in [0.4, 0.5) is 10.5 Å². The van der Waals surface area contributed by atoms with Crippen LogP contribution in [0.2, 0.25) is 0 Å². The number of amides is 2. The molecule has 2 atom stereocenters. The molecule has 1 fully saturated rings. The molecular formula is C13H19N3O2. The number of aryl methyl sites for hydroxylation is 1. The van der Waals surface area contributed by atoms with Gasteiger partial charge in [-0.2, -0.15) is 0 Å². The number of nitrogens with one attached hydrogen (secondary N) is 2. The summed E-state index contributed by atoms with van der Waals surface area (Å²) in [4.78, 5) is 13.6. The lowest BCUT2D eigenvalue weighted by Crippen LogP contribution is -2.46. The first kappa shape index (κ1) is 12.9. The van der Waals surface area contributed by atoms with E-state index >= 15 is 0 Å². The van der Waals surface area contributed by atoms with Crippen molar-refractivity contribution < 1.29 is 9.90 Å². The summed E-state index contributed by atoms with van der Waals surface area (Å²) >= 11 is 0. The summed E-state index contributed by atoms with van der Waals surface area (Å²) in [5.74, 6) is 0. The van der Waals surface area contributed by atoms with Gasteiger partial charge in [0.2, 0.25) is 0 Å². The maximum absolute atomic E-state index is 12.0. The molecule has 2 amide bonds. The highest BCUT2D eigenvalue weighted by Crippen LogP contribution is 2.12. The van der Waals surface area contributed by atoms with Crippen molar-refractivity contribution in [1.29, 1.82) is 0 Å². The maximum atomic E-state index is 12.0. The topological polar surface area (TPSA) is 64.6 Å². The molecule has 1 aromatic carbocycles. The van der Waals surface area contributed by atoms with Crippen LogP contribution in [-0.2, 0) is 0 Å². The fraction of sp³-hybridized carbons (Fsp3) is 0.462. The number of carbonyl (C=O) groups is 1. The van der Waals surface area contributed by atoms with E-state index in [2.05, 4.69) is 10.6 Å². The Hall–Kier alpha value is -1.59. The van der Waals surface area contributed by atoms with Gasteiger partial charge in [0.05, 0.1) is 12.1 Å². The lowest BCUT2D eigenvalue weighted by atomic mass is 10.2. The molecule has 5 nitrogen and oxygen atoms in total. The lowest BCUT2D eigenvalue weighted by molar-refractivity contribution is 0.115. The number of aliphatic hydroxyl groups excluding tert-OH is 1. The Kier molecular flexibility index (Phi) is 3.84. The van der Waals surface area contributed by atoms with E-state index < -0.39 is 6.10 Å². The van der Waals surface area contributed by atoms with Crippen LogP contribution < -0.4 is 10.6 Å². The molecule has 0 bridgehead atoms. The largest absolute Gasteiger partial charge is 0.390 e. The molecule has 3 N–H and O–H groups in total. The van der Waals surface area contributed by atoms with E-state index in [0.29, 0.717) is 13.1 Å². The number of aliphatic hydroxyl groups is 1. The van der Waals surface area contributed by atoms with E-state index in [1.165, 1.54) is 0 Å². The molecule has 0 radical (unpaired) electrons. The van der Waals surface area contributed by atoms with Crippen molar-refractivity contribution >= 4 is 11.7 Å². The zero-order valence-corrected chi connectivity index (χ0v) is 10.7.